The number of H-pyrrole nitrogens is 1. The van der Waals surface area contributed by atoms with Gasteiger partial charge in [-0.15, -0.1) is 23.1 Å². The van der Waals surface area contributed by atoms with Gasteiger partial charge < -0.3 is 60.7 Å². The van der Waals surface area contributed by atoms with Crippen LogP contribution >= 0.6 is 23.1 Å². The Morgan fingerprint density at radius 2 is 1.79 bits per heavy atom. The molecule has 0 radical (unpaired) electrons. The molecule has 58 heavy (non-hydrogen) atoms. The van der Waals surface area contributed by atoms with E-state index in [1.807, 2.05) is 6.92 Å². The number of nitrogens with zero attached hydrogens (tertiary/aromatic N) is 4. The van der Waals surface area contributed by atoms with Gasteiger partial charge in [0.2, 0.25) is 5.43 Å². The van der Waals surface area contributed by atoms with Crippen LogP contribution in [0.15, 0.2) is 44.9 Å². The number of nitrogen functional groups attached to an aromatic ring is 1. The number of phenols is 2. The third-order valence-corrected chi connectivity index (χ3v) is 13.6. The minimum absolute atomic E-state index is 0. The fourth-order valence-corrected chi connectivity index (χ4v) is 9.82. The molecule has 7 heterocycles. The second-order valence-corrected chi connectivity index (χ2v) is 17.8. The van der Waals surface area contributed by atoms with Gasteiger partial charge in [0.05, 0.1) is 48.2 Å². The van der Waals surface area contributed by atoms with Gasteiger partial charge in [0.25, 0.3) is 17.7 Å². The molecule has 5 aliphatic rings. The quantitative estimate of drug-likeness (QED) is 0.0250. The Kier molecular flexibility index (Phi) is 11.7. The number of thioether (sulfide) groups is 1. The number of carbonyl (C=O) groups excluding carboxylic acids is 5. The van der Waals surface area contributed by atoms with Gasteiger partial charge in [0.15, 0.2) is 27.9 Å². The van der Waals surface area contributed by atoms with Gasteiger partial charge in [0, 0.05) is 59.7 Å². The number of aromatic nitrogens is 2. The number of nitrogens with one attached hydrogen (secondary N) is 3. The summed E-state index contributed by atoms with van der Waals surface area (Å²) in [6.45, 7) is 6.93. The largest absolute Gasteiger partial charge is 1.00 e. The first-order valence-electron chi connectivity index (χ1n) is 18.0. The Morgan fingerprint density at radius 3 is 2.40 bits per heavy atom. The molecule has 3 atom stereocenters. The van der Waals surface area contributed by atoms with Gasteiger partial charge >= 0.3 is 29.6 Å². The van der Waals surface area contributed by atoms with E-state index < -0.39 is 69.3 Å². The molecule has 4 saturated heterocycles. The molecular weight excluding hydrogens is 808 g/mol. The predicted octanol–water partition coefficient (Wildman–Crippen LogP) is -4.55. The fourth-order valence-electron chi connectivity index (χ4n) is 7.83. The number of quaternary nitrogens is 1. The zero-order valence-electron chi connectivity index (χ0n) is 31.9. The first kappa shape index (κ1) is 42.9. The molecule has 3 amide bonds. The van der Waals surface area contributed by atoms with Crippen molar-refractivity contribution in [2.45, 2.75) is 62.3 Å². The van der Waals surface area contributed by atoms with Gasteiger partial charge in [-0.3, -0.25) is 24.1 Å². The smallest absolute Gasteiger partial charge is 0.546 e. The maximum Gasteiger partial charge on any atom is 1.00 e. The molecule has 22 heteroatoms. The topological polar surface area (TPSA) is 293 Å². The van der Waals surface area contributed by atoms with Crippen LogP contribution in [0.25, 0.3) is 10.9 Å². The van der Waals surface area contributed by atoms with E-state index in [1.54, 1.807) is 0 Å². The van der Waals surface area contributed by atoms with E-state index in [0.717, 1.165) is 41.6 Å². The molecule has 0 spiro atoms. The zero-order chi connectivity index (χ0) is 41.2. The van der Waals surface area contributed by atoms with Crippen LogP contribution in [0, 0.1) is 5.41 Å². The van der Waals surface area contributed by atoms with E-state index in [9.17, 15) is 49.2 Å². The van der Waals surface area contributed by atoms with Crippen molar-refractivity contribution in [2.24, 2.45) is 10.6 Å². The SMILES string of the molecule is C[C@@H]1S[C@@H]2[C@H](NC(=O)/C(=N\OC(C)(C)C(=O)[O-])c3csc(N)n3)C(=O)N2C(C(=O)[O-])=C1C[N+]12CCC(CNC(=O)c3c[nH]c4cc(O)c(O)cc4c3=O)(CC1)CC2.[Na+]. The summed E-state index contributed by atoms with van der Waals surface area (Å²) in [5, 5.41) is 53.4. The number of carbonyl (C=O) groups is 5. The predicted molar refractivity (Wildman–Crippen MR) is 201 cm³/mol. The van der Waals surface area contributed by atoms with Crippen LogP contribution < -0.4 is 61.6 Å². The van der Waals surface area contributed by atoms with Crippen LogP contribution in [-0.2, 0) is 24.0 Å². The van der Waals surface area contributed by atoms with Gasteiger partial charge in [-0.05, 0) is 26.8 Å². The molecule has 8 rings (SSSR count). The molecule has 1 aromatic carbocycles. The van der Waals surface area contributed by atoms with Crippen molar-refractivity contribution in [1.29, 1.82) is 0 Å². The number of piperidine rings is 3. The van der Waals surface area contributed by atoms with E-state index in [-0.39, 0.29) is 73.2 Å². The number of carboxylic acids is 2. The molecule has 0 unspecified atom stereocenters. The number of β-lactam (4-membered cyclic amide) rings is 1. The number of hydrogen-bond donors (Lipinski definition) is 6. The van der Waals surface area contributed by atoms with Crippen LogP contribution in [-0.4, -0.2) is 120 Å². The minimum atomic E-state index is -1.91. The molecule has 19 nitrogen and oxygen atoms in total. The van der Waals surface area contributed by atoms with Gasteiger partial charge in [-0.2, -0.15) is 0 Å². The number of hydrogen-bond acceptors (Lipinski definition) is 16. The van der Waals surface area contributed by atoms with Crippen LogP contribution in [0.1, 0.15) is 56.1 Å². The number of thiazole rings is 1. The number of nitrogens with two attached hydrogens (primary N) is 1. The average Bonchev–Trinajstić information content (AvgIpc) is 3.60. The standard InChI is InChI=1S/C36H40N8O11S2.Na/c1-16-19(13-44-7-4-36(5-8-44,6-9-44)15-39-28(48)18-12-38-20-11-23(46)22(45)10-17(20)27(18)47)26(32(51)52)43-30(50)25(31(43)57-16)41-29(49)24(21-14-56-34(37)40-21)42-55-35(2,3)33(53)54;/h10-12,14,16,25,31H,4-9,13,15H2,1-3H3,(H8-,37,38,39,40,41,42,45,46,47,48,49,51,52,53,54);/q;+1/p-1/t16-,25+,31+,36?,44?;/m0./s1. The molecule has 4 fully saturated rings. The average molecular weight is 847 g/mol. The maximum atomic E-state index is 13.6. The summed E-state index contributed by atoms with van der Waals surface area (Å²) in [4.78, 5) is 90.6. The molecule has 302 valence electrons. The Labute approximate surface area is 360 Å². The summed E-state index contributed by atoms with van der Waals surface area (Å²) in [5.41, 5.74) is 2.99. The number of fused-ring (bicyclic) bond motifs is 5. The van der Waals surface area contributed by atoms with Crippen molar-refractivity contribution in [3.63, 3.8) is 0 Å². The van der Waals surface area contributed by atoms with Crippen molar-refractivity contribution in [2.75, 3.05) is 38.5 Å². The first-order valence-corrected chi connectivity index (χ1v) is 19.8. The van der Waals surface area contributed by atoms with Gasteiger partial charge in [-0.25, -0.2) is 4.98 Å². The molecule has 2 bridgehead atoms. The van der Waals surface area contributed by atoms with E-state index in [0.29, 0.717) is 42.8 Å². The number of rotatable bonds is 12. The molecule has 3 aromatic rings. The molecule has 0 saturated carbocycles. The fraction of sp³-hybridized carbons (Fsp3) is 0.444. The van der Waals surface area contributed by atoms with Crippen molar-refractivity contribution < 1.29 is 83.3 Å². The number of benzene rings is 1. The molecule has 0 aliphatic carbocycles. The molecule has 2 aromatic heterocycles. The number of anilines is 1. The number of aromatic amines is 1. The Morgan fingerprint density at radius 1 is 1.14 bits per heavy atom. The maximum absolute atomic E-state index is 13.6. The summed E-state index contributed by atoms with van der Waals surface area (Å²) in [7, 11) is 0. The number of aliphatic carboxylic acids is 2. The van der Waals surface area contributed by atoms with E-state index in [1.165, 1.54) is 43.3 Å². The van der Waals surface area contributed by atoms with Gasteiger partial charge in [-0.1, -0.05) is 5.16 Å². The number of phenolic OH excluding ortho intramolecular Hbond substituents is 2. The van der Waals surface area contributed by atoms with Crippen LogP contribution in [0.3, 0.4) is 0 Å². The second-order valence-electron chi connectivity index (χ2n) is 15.4. The second kappa shape index (κ2) is 15.8. The number of amides is 3. The summed E-state index contributed by atoms with van der Waals surface area (Å²) < 4.78 is 0.582. The zero-order valence-corrected chi connectivity index (χ0v) is 35.6. The van der Waals surface area contributed by atoms with E-state index >= 15 is 0 Å². The van der Waals surface area contributed by atoms with Crippen LogP contribution in [0.2, 0.25) is 0 Å². The number of carboxylic acid groups (broad SMARTS) is 2. The van der Waals surface area contributed by atoms with E-state index in [4.69, 9.17) is 10.6 Å². The monoisotopic (exact) mass is 846 g/mol. The number of pyridine rings is 1. The summed E-state index contributed by atoms with van der Waals surface area (Å²) >= 11 is 2.31. The van der Waals surface area contributed by atoms with Crippen LogP contribution in [0.4, 0.5) is 5.13 Å². The van der Waals surface area contributed by atoms with Crippen molar-refractivity contribution in [3.05, 3.63) is 56.5 Å². The van der Waals surface area contributed by atoms with E-state index in [2.05, 4.69) is 25.8 Å². The first-order chi connectivity index (χ1) is 26.8. The molecular formula is C36H39N8NaO11S2. The summed E-state index contributed by atoms with van der Waals surface area (Å²) in [5.74, 6) is -6.15. The third-order valence-electron chi connectivity index (χ3n) is 11.4. The Hall–Kier alpha value is -4.67. The summed E-state index contributed by atoms with van der Waals surface area (Å²) in [6.07, 6.45) is 3.45. The molecule has 7 N–H and O–H groups in total. The minimum Gasteiger partial charge on any atom is -0.546 e. The normalized spacial score (nSPS) is 25.4. The van der Waals surface area contributed by atoms with Gasteiger partial charge in [0.1, 0.15) is 29.2 Å². The third kappa shape index (κ3) is 7.77. The van der Waals surface area contributed by atoms with Crippen molar-refractivity contribution in [3.8, 4) is 11.5 Å². The van der Waals surface area contributed by atoms with Crippen molar-refractivity contribution >= 4 is 74.5 Å². The van der Waals surface area contributed by atoms with Crippen molar-refractivity contribution in [1.82, 2.24) is 25.5 Å². The number of oxime groups is 1. The number of aromatic hydroxyl groups is 2. The molecule has 5 aliphatic heterocycles. The Balaban J connectivity index is 0.00000567. The van der Waals surface area contributed by atoms with Crippen LogP contribution in [0.5, 0.6) is 11.5 Å². The Bertz CT molecular complexity index is 2340. The summed E-state index contributed by atoms with van der Waals surface area (Å²) in [6, 6.07) is 1.15.